The summed E-state index contributed by atoms with van der Waals surface area (Å²) in [7, 11) is 0. The minimum atomic E-state index is -5.05. The molecule has 44 heavy (non-hydrogen) atoms. The van der Waals surface area contributed by atoms with Crippen LogP contribution in [-0.2, 0) is 30.1 Å². The van der Waals surface area contributed by atoms with Gasteiger partial charge in [0.15, 0.2) is 0 Å². The summed E-state index contributed by atoms with van der Waals surface area (Å²) in [6.45, 7) is 3.64. The van der Waals surface area contributed by atoms with Gasteiger partial charge in [0.2, 0.25) is 5.95 Å². The van der Waals surface area contributed by atoms with Gasteiger partial charge in [-0.2, -0.15) is 26.3 Å². The maximum atomic E-state index is 13.7. The van der Waals surface area contributed by atoms with E-state index < -0.39 is 41.0 Å². The van der Waals surface area contributed by atoms with Crippen molar-refractivity contribution >= 4 is 22.9 Å². The van der Waals surface area contributed by atoms with E-state index in [4.69, 9.17) is 9.72 Å². The van der Waals surface area contributed by atoms with E-state index in [0.717, 1.165) is 16.6 Å². The zero-order chi connectivity index (χ0) is 31.5. The molecule has 1 aliphatic heterocycles. The van der Waals surface area contributed by atoms with Crippen LogP contribution in [0.4, 0.5) is 32.3 Å². The van der Waals surface area contributed by atoms with Gasteiger partial charge in [0.25, 0.3) is 5.91 Å². The highest BCUT2D eigenvalue weighted by Gasteiger charge is 2.39. The highest BCUT2D eigenvalue weighted by molar-refractivity contribution is 5.95. The topological polar surface area (TPSA) is 59.4 Å². The summed E-state index contributed by atoms with van der Waals surface area (Å²) in [4.78, 5) is 19.8. The van der Waals surface area contributed by atoms with Crippen molar-refractivity contribution in [3.05, 3.63) is 95.1 Å². The van der Waals surface area contributed by atoms with Gasteiger partial charge < -0.3 is 19.5 Å². The summed E-state index contributed by atoms with van der Waals surface area (Å²) < 4.78 is 88.9. The number of ether oxygens (including phenoxy) is 1. The second-order valence-electron chi connectivity index (χ2n) is 10.8. The number of hydrogen-bond donors (Lipinski definition) is 1. The number of fused-ring (bicyclic) bond motifs is 1. The number of likely N-dealkylation sites (tertiary alicyclic amines) is 1. The highest BCUT2D eigenvalue weighted by Crippen LogP contribution is 2.37. The molecule has 1 fully saturated rings. The van der Waals surface area contributed by atoms with Crippen LogP contribution in [0, 0.1) is 0 Å². The van der Waals surface area contributed by atoms with Gasteiger partial charge in [-0.3, -0.25) is 4.79 Å². The molecule has 3 aromatic carbocycles. The van der Waals surface area contributed by atoms with E-state index >= 15 is 0 Å². The summed E-state index contributed by atoms with van der Waals surface area (Å²) in [5.41, 5.74) is -1.07. The van der Waals surface area contributed by atoms with Crippen LogP contribution in [-0.4, -0.2) is 52.2 Å². The number of halogens is 6. The smallest absolute Gasteiger partial charge is 0.380 e. The summed E-state index contributed by atoms with van der Waals surface area (Å²) in [6.07, 6.45) is -8.91. The molecular weight excluding hydrogens is 586 g/mol. The summed E-state index contributed by atoms with van der Waals surface area (Å²) in [5.74, 6) is -0.244. The van der Waals surface area contributed by atoms with Gasteiger partial charge in [-0.1, -0.05) is 42.5 Å². The molecular formula is C32H32F6N4O2. The van der Waals surface area contributed by atoms with Crippen LogP contribution in [0.25, 0.3) is 11.0 Å². The molecule has 1 N–H and O–H groups in total. The molecule has 1 saturated heterocycles. The number of carbonyl (C=O) groups is 1. The molecule has 2 unspecified atom stereocenters. The van der Waals surface area contributed by atoms with Crippen molar-refractivity contribution in [1.29, 1.82) is 0 Å². The Hall–Kier alpha value is -4.06. The fraction of sp³-hybridized carbons (Fsp3) is 0.375. The summed E-state index contributed by atoms with van der Waals surface area (Å²) >= 11 is 0. The van der Waals surface area contributed by atoms with Gasteiger partial charge in [0.05, 0.1) is 28.8 Å². The van der Waals surface area contributed by atoms with Crippen molar-refractivity contribution in [2.24, 2.45) is 0 Å². The predicted molar refractivity (Wildman–Crippen MR) is 154 cm³/mol. The van der Waals surface area contributed by atoms with Crippen molar-refractivity contribution in [2.75, 3.05) is 25.1 Å². The number of carbonyl (C=O) groups excluding carboxylic acids is 1. The van der Waals surface area contributed by atoms with Gasteiger partial charge in [0, 0.05) is 37.3 Å². The average molecular weight is 619 g/mol. The molecule has 234 valence electrons. The first-order valence-electron chi connectivity index (χ1n) is 14.4. The lowest BCUT2D eigenvalue weighted by atomic mass is 9.91. The molecule has 1 amide bonds. The van der Waals surface area contributed by atoms with Crippen LogP contribution in [0.3, 0.4) is 0 Å². The fourth-order valence-electron chi connectivity index (χ4n) is 5.67. The lowest BCUT2D eigenvalue weighted by Gasteiger charge is -2.40. The molecule has 1 aliphatic rings. The van der Waals surface area contributed by atoms with Crippen LogP contribution in [0.15, 0.2) is 72.8 Å². The van der Waals surface area contributed by atoms with Crippen molar-refractivity contribution in [1.82, 2.24) is 14.5 Å². The normalized spacial score (nSPS) is 17.7. The Morgan fingerprint density at radius 3 is 2.27 bits per heavy atom. The van der Waals surface area contributed by atoms with Crippen molar-refractivity contribution < 1.29 is 35.9 Å². The maximum absolute atomic E-state index is 13.7. The van der Waals surface area contributed by atoms with E-state index in [1.54, 1.807) is 0 Å². The molecule has 1 aromatic heterocycles. The molecule has 5 rings (SSSR count). The molecule has 0 aliphatic carbocycles. The SMILES string of the molecule is CCOCCn1c(NC2CCN(C(=O)c3cc(C(F)(F)F)cc(C(F)(F)F)c3)C(Cc3ccccc3)C2)nc2ccccc21. The summed E-state index contributed by atoms with van der Waals surface area (Å²) in [6, 6.07) is 17.3. The van der Waals surface area contributed by atoms with Crippen LogP contribution in [0.1, 0.15) is 46.8 Å². The molecule has 2 heterocycles. The number of benzene rings is 3. The van der Waals surface area contributed by atoms with Crippen LogP contribution in [0.2, 0.25) is 0 Å². The van der Waals surface area contributed by atoms with Crippen LogP contribution < -0.4 is 5.32 Å². The zero-order valence-corrected chi connectivity index (χ0v) is 24.0. The number of aromatic nitrogens is 2. The van der Waals surface area contributed by atoms with Gasteiger partial charge in [-0.25, -0.2) is 4.98 Å². The molecule has 6 nitrogen and oxygen atoms in total. The number of para-hydroxylation sites is 2. The van der Waals surface area contributed by atoms with E-state index in [-0.39, 0.29) is 18.7 Å². The lowest BCUT2D eigenvalue weighted by Crippen LogP contribution is -2.50. The minimum Gasteiger partial charge on any atom is -0.380 e. The zero-order valence-electron chi connectivity index (χ0n) is 24.0. The lowest BCUT2D eigenvalue weighted by molar-refractivity contribution is -0.143. The molecule has 0 radical (unpaired) electrons. The first-order chi connectivity index (χ1) is 20.9. The quantitative estimate of drug-likeness (QED) is 0.157. The Morgan fingerprint density at radius 2 is 1.61 bits per heavy atom. The number of anilines is 1. The van der Waals surface area contributed by atoms with Gasteiger partial charge in [-0.15, -0.1) is 0 Å². The Labute approximate surface area is 250 Å². The minimum absolute atomic E-state index is 0.0338. The maximum Gasteiger partial charge on any atom is 0.416 e. The first kappa shape index (κ1) is 31.4. The number of rotatable bonds is 9. The second-order valence-corrected chi connectivity index (χ2v) is 10.8. The Balaban J connectivity index is 1.44. The number of amides is 1. The Kier molecular flexibility index (Phi) is 9.19. The average Bonchev–Trinajstić information content (AvgIpc) is 3.33. The Morgan fingerprint density at radius 1 is 0.955 bits per heavy atom. The van der Waals surface area contributed by atoms with Crippen LogP contribution in [0.5, 0.6) is 0 Å². The number of alkyl halides is 6. The number of piperidine rings is 1. The van der Waals surface area contributed by atoms with Crippen molar-refractivity contribution in [3.8, 4) is 0 Å². The standard InChI is InChI=1S/C32H32F6N4O2/c1-2-44-15-14-42-28-11-7-6-10-27(28)40-30(42)39-25-12-13-41(26(20-25)16-21-8-4-3-5-9-21)29(43)22-17-23(31(33,34)35)19-24(18-22)32(36,37)38/h3-11,17-19,25-26H,2,12-16,20H2,1H3,(H,39,40). The van der Waals surface area contributed by atoms with E-state index in [2.05, 4.69) is 5.32 Å². The third-order valence-corrected chi connectivity index (χ3v) is 7.78. The highest BCUT2D eigenvalue weighted by atomic mass is 19.4. The molecule has 0 bridgehead atoms. The number of nitrogens with one attached hydrogen (secondary N) is 1. The van der Waals surface area contributed by atoms with Crippen molar-refractivity contribution in [2.45, 2.75) is 57.2 Å². The third kappa shape index (κ3) is 7.18. The fourth-order valence-corrected chi connectivity index (χ4v) is 5.67. The van der Waals surface area contributed by atoms with E-state index in [0.29, 0.717) is 57.1 Å². The van der Waals surface area contributed by atoms with Gasteiger partial charge in [-0.05, 0) is 62.1 Å². The Bertz CT molecular complexity index is 1550. The predicted octanol–water partition coefficient (Wildman–Crippen LogP) is 7.44. The molecule has 2 atom stereocenters. The number of imidazole rings is 1. The number of nitrogens with zero attached hydrogens (tertiary/aromatic N) is 3. The van der Waals surface area contributed by atoms with E-state index in [1.165, 1.54) is 4.90 Å². The molecule has 4 aromatic rings. The van der Waals surface area contributed by atoms with E-state index in [9.17, 15) is 31.1 Å². The number of hydrogen-bond acceptors (Lipinski definition) is 4. The van der Waals surface area contributed by atoms with Gasteiger partial charge >= 0.3 is 12.4 Å². The monoisotopic (exact) mass is 618 g/mol. The molecule has 12 heteroatoms. The van der Waals surface area contributed by atoms with Gasteiger partial charge in [0.1, 0.15) is 0 Å². The summed E-state index contributed by atoms with van der Waals surface area (Å²) in [5, 5.41) is 3.50. The molecule has 0 saturated carbocycles. The van der Waals surface area contributed by atoms with Crippen LogP contribution >= 0.6 is 0 Å². The third-order valence-electron chi connectivity index (χ3n) is 7.78. The second kappa shape index (κ2) is 12.9. The molecule has 0 spiro atoms. The largest absolute Gasteiger partial charge is 0.416 e. The van der Waals surface area contributed by atoms with Crippen molar-refractivity contribution in [3.63, 3.8) is 0 Å². The van der Waals surface area contributed by atoms with E-state index in [1.807, 2.05) is 66.1 Å². The first-order valence-corrected chi connectivity index (χ1v) is 14.4.